The van der Waals surface area contributed by atoms with Crippen LogP contribution in [0.4, 0.5) is 4.79 Å². The standard InChI is InChI=1S/C14H18BrNO/c15-14(17)16-10-11-6-8-13(9-7-11)12-4-2-1-3-5-12/h6-9,12H,1-5,10H2,(H,16,17). The second kappa shape index (κ2) is 6.20. The average Bonchev–Trinajstić information content (AvgIpc) is 2.38. The van der Waals surface area contributed by atoms with Gasteiger partial charge < -0.3 is 5.32 Å². The van der Waals surface area contributed by atoms with Crippen molar-refractivity contribution in [1.29, 1.82) is 0 Å². The quantitative estimate of drug-likeness (QED) is 0.652. The van der Waals surface area contributed by atoms with Gasteiger partial charge in [0, 0.05) is 22.5 Å². The number of rotatable bonds is 3. The highest BCUT2D eigenvalue weighted by Crippen LogP contribution is 2.32. The molecular formula is C14H18BrNO. The van der Waals surface area contributed by atoms with E-state index in [0.29, 0.717) is 6.54 Å². The van der Waals surface area contributed by atoms with Gasteiger partial charge >= 0.3 is 0 Å². The van der Waals surface area contributed by atoms with Crippen LogP contribution in [-0.2, 0) is 6.54 Å². The normalized spacial score (nSPS) is 16.8. The maximum Gasteiger partial charge on any atom is 0.287 e. The molecule has 0 aliphatic heterocycles. The van der Waals surface area contributed by atoms with Crippen LogP contribution in [-0.4, -0.2) is 4.82 Å². The molecule has 0 atom stereocenters. The first-order chi connectivity index (χ1) is 8.25. The van der Waals surface area contributed by atoms with Crippen molar-refractivity contribution in [3.63, 3.8) is 0 Å². The van der Waals surface area contributed by atoms with Gasteiger partial charge in [-0.15, -0.1) is 0 Å². The van der Waals surface area contributed by atoms with Gasteiger partial charge in [-0.2, -0.15) is 0 Å². The van der Waals surface area contributed by atoms with Gasteiger partial charge in [-0.1, -0.05) is 43.5 Å². The lowest BCUT2D eigenvalue weighted by Crippen LogP contribution is -2.15. The van der Waals surface area contributed by atoms with Crippen molar-refractivity contribution in [3.8, 4) is 0 Å². The summed E-state index contributed by atoms with van der Waals surface area (Å²) < 4.78 is 0. The van der Waals surface area contributed by atoms with Gasteiger partial charge in [0.2, 0.25) is 0 Å². The second-order valence-electron chi connectivity index (χ2n) is 4.70. The Labute approximate surface area is 111 Å². The van der Waals surface area contributed by atoms with Crippen LogP contribution in [0.5, 0.6) is 0 Å². The zero-order valence-electron chi connectivity index (χ0n) is 9.92. The van der Waals surface area contributed by atoms with Gasteiger partial charge in [-0.25, -0.2) is 0 Å². The van der Waals surface area contributed by atoms with Crippen LogP contribution in [0.25, 0.3) is 0 Å². The highest BCUT2D eigenvalue weighted by atomic mass is 79.9. The first-order valence-corrected chi connectivity index (χ1v) is 7.07. The van der Waals surface area contributed by atoms with E-state index >= 15 is 0 Å². The van der Waals surface area contributed by atoms with Gasteiger partial charge in [-0.3, -0.25) is 4.79 Å². The van der Waals surface area contributed by atoms with Crippen molar-refractivity contribution in [2.24, 2.45) is 0 Å². The summed E-state index contributed by atoms with van der Waals surface area (Å²) in [5.74, 6) is 0.753. The number of halogens is 1. The molecule has 1 aromatic rings. The molecule has 1 aromatic carbocycles. The van der Waals surface area contributed by atoms with Crippen LogP contribution in [0, 0.1) is 0 Å². The van der Waals surface area contributed by atoms with E-state index in [-0.39, 0.29) is 4.82 Å². The van der Waals surface area contributed by atoms with Crippen molar-refractivity contribution in [2.75, 3.05) is 0 Å². The number of carbonyl (C=O) groups excluding carboxylic acids is 1. The summed E-state index contributed by atoms with van der Waals surface area (Å²) >= 11 is 2.86. The fourth-order valence-electron chi connectivity index (χ4n) is 2.52. The lowest BCUT2D eigenvalue weighted by atomic mass is 9.84. The molecule has 2 rings (SSSR count). The molecule has 0 unspecified atom stereocenters. The van der Waals surface area contributed by atoms with E-state index in [1.165, 1.54) is 37.7 Å². The number of hydrogen-bond donors (Lipinski definition) is 1. The Kier molecular flexibility index (Phi) is 4.60. The smallest absolute Gasteiger partial charge is 0.287 e. The largest absolute Gasteiger partial charge is 0.343 e. The molecule has 0 aromatic heterocycles. The molecule has 1 saturated carbocycles. The summed E-state index contributed by atoms with van der Waals surface area (Å²) in [4.78, 5) is 10.6. The van der Waals surface area contributed by atoms with E-state index in [0.717, 1.165) is 11.5 Å². The summed E-state index contributed by atoms with van der Waals surface area (Å²) in [6.07, 6.45) is 6.79. The second-order valence-corrected chi connectivity index (χ2v) is 5.42. The SMILES string of the molecule is O=C(Br)NCc1ccc(C2CCCCC2)cc1. The maximum absolute atomic E-state index is 10.7. The van der Waals surface area contributed by atoms with Gasteiger partial charge in [0.25, 0.3) is 4.82 Å². The molecule has 0 saturated heterocycles. The molecule has 1 fully saturated rings. The first kappa shape index (κ1) is 12.6. The molecule has 0 bridgehead atoms. The molecule has 1 amide bonds. The van der Waals surface area contributed by atoms with Crippen LogP contribution >= 0.6 is 15.9 Å². The van der Waals surface area contributed by atoms with Crippen molar-refractivity contribution in [2.45, 2.75) is 44.6 Å². The fraction of sp³-hybridized carbons (Fsp3) is 0.500. The van der Waals surface area contributed by atoms with Gasteiger partial charge in [0.1, 0.15) is 0 Å². The molecular weight excluding hydrogens is 278 g/mol. The molecule has 2 nitrogen and oxygen atoms in total. The average molecular weight is 296 g/mol. The Bertz CT molecular complexity index is 368. The third-order valence-electron chi connectivity index (χ3n) is 3.49. The zero-order chi connectivity index (χ0) is 12.1. The lowest BCUT2D eigenvalue weighted by Gasteiger charge is -2.22. The molecule has 0 radical (unpaired) electrons. The molecule has 1 aliphatic carbocycles. The predicted octanol–water partition coefficient (Wildman–Crippen LogP) is 4.34. The predicted molar refractivity (Wildman–Crippen MR) is 73.4 cm³/mol. The van der Waals surface area contributed by atoms with Crippen molar-refractivity contribution in [3.05, 3.63) is 35.4 Å². The number of amides is 1. The number of benzene rings is 1. The van der Waals surface area contributed by atoms with E-state index in [9.17, 15) is 4.79 Å². The highest BCUT2D eigenvalue weighted by molar-refractivity contribution is 9.18. The number of hydrogen-bond acceptors (Lipinski definition) is 1. The Morgan fingerprint density at radius 2 is 1.82 bits per heavy atom. The van der Waals surface area contributed by atoms with E-state index in [1.807, 2.05) is 0 Å². The van der Waals surface area contributed by atoms with Crippen molar-refractivity contribution in [1.82, 2.24) is 5.32 Å². The summed E-state index contributed by atoms with van der Waals surface area (Å²) in [7, 11) is 0. The number of carbonyl (C=O) groups is 1. The van der Waals surface area contributed by atoms with Crippen molar-refractivity contribution >= 4 is 20.7 Å². The molecule has 1 aliphatic rings. The van der Waals surface area contributed by atoms with Crippen LogP contribution in [0.3, 0.4) is 0 Å². The molecule has 17 heavy (non-hydrogen) atoms. The Balaban J connectivity index is 1.94. The van der Waals surface area contributed by atoms with Gasteiger partial charge in [-0.05, 0) is 29.9 Å². The topological polar surface area (TPSA) is 29.1 Å². The van der Waals surface area contributed by atoms with Crippen LogP contribution in [0.15, 0.2) is 24.3 Å². The van der Waals surface area contributed by atoms with E-state index in [4.69, 9.17) is 0 Å². The van der Waals surface area contributed by atoms with Gasteiger partial charge in [0.15, 0.2) is 0 Å². The molecule has 3 heteroatoms. The molecule has 1 N–H and O–H groups in total. The lowest BCUT2D eigenvalue weighted by molar-refractivity contribution is 0.261. The van der Waals surface area contributed by atoms with Crippen LogP contribution < -0.4 is 5.32 Å². The van der Waals surface area contributed by atoms with E-state index in [2.05, 4.69) is 45.5 Å². The Hall–Kier alpha value is -0.830. The minimum absolute atomic E-state index is 0.158. The monoisotopic (exact) mass is 295 g/mol. The summed E-state index contributed by atoms with van der Waals surface area (Å²) in [5.41, 5.74) is 2.61. The highest BCUT2D eigenvalue weighted by Gasteiger charge is 2.14. The molecule has 0 heterocycles. The fourth-order valence-corrected chi connectivity index (χ4v) is 2.66. The first-order valence-electron chi connectivity index (χ1n) is 6.28. The summed E-state index contributed by atoms with van der Waals surface area (Å²) in [6.45, 7) is 0.592. The van der Waals surface area contributed by atoms with Gasteiger partial charge in [0.05, 0.1) is 0 Å². The molecule has 0 spiro atoms. The maximum atomic E-state index is 10.7. The minimum atomic E-state index is -0.158. The van der Waals surface area contributed by atoms with Crippen molar-refractivity contribution < 1.29 is 4.79 Å². The number of nitrogens with one attached hydrogen (secondary N) is 1. The van der Waals surface area contributed by atoms with Crippen LogP contribution in [0.1, 0.15) is 49.1 Å². The van der Waals surface area contributed by atoms with Crippen LogP contribution in [0.2, 0.25) is 0 Å². The zero-order valence-corrected chi connectivity index (χ0v) is 11.5. The third kappa shape index (κ3) is 3.84. The van der Waals surface area contributed by atoms with E-state index < -0.39 is 0 Å². The minimum Gasteiger partial charge on any atom is -0.343 e. The molecule has 92 valence electrons. The summed E-state index contributed by atoms with van der Waals surface area (Å²) in [5, 5.41) is 2.74. The Morgan fingerprint density at radius 3 is 2.41 bits per heavy atom. The Morgan fingerprint density at radius 1 is 1.18 bits per heavy atom. The van der Waals surface area contributed by atoms with E-state index in [1.54, 1.807) is 0 Å². The third-order valence-corrected chi connectivity index (χ3v) is 3.77. The summed E-state index contributed by atoms with van der Waals surface area (Å²) in [6, 6.07) is 8.66.